The first kappa shape index (κ1) is 18.8. The van der Waals surface area contributed by atoms with Crippen molar-refractivity contribution in [1.29, 1.82) is 0 Å². The lowest BCUT2D eigenvalue weighted by molar-refractivity contribution is 0.0740. The molecule has 0 spiro atoms. The second-order valence-electron chi connectivity index (χ2n) is 6.78. The van der Waals surface area contributed by atoms with Gasteiger partial charge in [0.05, 0.1) is 0 Å². The summed E-state index contributed by atoms with van der Waals surface area (Å²) in [4.78, 5) is 29.9. The minimum atomic E-state index is -0.310. The Hall–Kier alpha value is -3.55. The van der Waals surface area contributed by atoms with Crippen LogP contribution in [0.1, 0.15) is 16.3 Å². The van der Waals surface area contributed by atoms with E-state index in [0.717, 1.165) is 5.82 Å². The molecule has 1 amide bonds. The number of nitrogens with zero attached hydrogens (tertiary/aromatic N) is 5. The van der Waals surface area contributed by atoms with Crippen molar-refractivity contribution >= 4 is 23.2 Å². The van der Waals surface area contributed by atoms with Gasteiger partial charge in [0.2, 0.25) is 0 Å². The molecule has 7 nitrogen and oxygen atoms in total. The highest BCUT2D eigenvalue weighted by atomic mass is 19.1. The van der Waals surface area contributed by atoms with Crippen molar-refractivity contribution in [3.63, 3.8) is 0 Å². The van der Waals surface area contributed by atoms with E-state index in [1.165, 1.54) is 12.1 Å². The molecule has 1 N–H and O–H groups in total. The number of aryl methyl sites for hydroxylation is 1. The molecule has 1 saturated heterocycles. The van der Waals surface area contributed by atoms with Crippen LogP contribution in [0.3, 0.4) is 0 Å². The summed E-state index contributed by atoms with van der Waals surface area (Å²) in [5, 5.41) is 3.09. The molecule has 8 heteroatoms. The van der Waals surface area contributed by atoms with Gasteiger partial charge >= 0.3 is 0 Å². The zero-order valence-corrected chi connectivity index (χ0v) is 16.0. The third kappa shape index (κ3) is 4.48. The summed E-state index contributed by atoms with van der Waals surface area (Å²) in [6.07, 6.45) is 1.77. The number of amides is 1. The second-order valence-corrected chi connectivity index (χ2v) is 6.78. The van der Waals surface area contributed by atoms with Gasteiger partial charge in [0.15, 0.2) is 0 Å². The zero-order valence-electron chi connectivity index (χ0n) is 16.0. The average Bonchev–Trinajstić information content (AvgIpc) is 2.75. The van der Waals surface area contributed by atoms with Crippen LogP contribution in [0.2, 0.25) is 0 Å². The predicted octanol–water partition coefficient (Wildman–Crippen LogP) is 3.03. The quantitative estimate of drug-likeness (QED) is 0.736. The molecule has 29 heavy (non-hydrogen) atoms. The molecule has 1 aliphatic rings. The number of pyridine rings is 1. The summed E-state index contributed by atoms with van der Waals surface area (Å²) >= 11 is 0. The van der Waals surface area contributed by atoms with Crippen molar-refractivity contribution in [2.45, 2.75) is 6.92 Å². The van der Waals surface area contributed by atoms with Crippen LogP contribution in [0, 0.1) is 12.7 Å². The Labute approximate surface area is 168 Å². The molecule has 4 rings (SSSR count). The summed E-state index contributed by atoms with van der Waals surface area (Å²) in [6.45, 7) is 4.37. The molecule has 1 fully saturated rings. The highest BCUT2D eigenvalue weighted by Crippen LogP contribution is 2.18. The SMILES string of the molecule is Cc1nc(Nc2ccc(F)cc2)cc(C(=O)N2CCN(c3ccccn3)CC2)n1. The summed E-state index contributed by atoms with van der Waals surface area (Å²) in [7, 11) is 0. The van der Waals surface area contributed by atoms with Gasteiger partial charge in [-0.3, -0.25) is 4.79 Å². The number of carbonyl (C=O) groups excluding carboxylic acids is 1. The smallest absolute Gasteiger partial charge is 0.272 e. The molecule has 148 valence electrons. The molecule has 3 aromatic rings. The first-order chi connectivity index (χ1) is 14.1. The topological polar surface area (TPSA) is 74.2 Å². The largest absolute Gasteiger partial charge is 0.353 e. The van der Waals surface area contributed by atoms with Crippen LogP contribution < -0.4 is 10.2 Å². The summed E-state index contributed by atoms with van der Waals surface area (Å²) in [5.41, 5.74) is 1.03. The molecule has 1 aromatic carbocycles. The Bertz CT molecular complexity index is 988. The summed E-state index contributed by atoms with van der Waals surface area (Å²) < 4.78 is 13.1. The van der Waals surface area contributed by atoms with Crippen LogP contribution in [0.4, 0.5) is 21.7 Å². The van der Waals surface area contributed by atoms with Crippen molar-refractivity contribution < 1.29 is 9.18 Å². The van der Waals surface area contributed by atoms with E-state index < -0.39 is 0 Å². The van der Waals surface area contributed by atoms with E-state index in [2.05, 4.69) is 25.2 Å². The first-order valence-electron chi connectivity index (χ1n) is 9.42. The minimum absolute atomic E-state index is 0.127. The Morgan fingerprint density at radius 2 is 1.79 bits per heavy atom. The number of nitrogens with one attached hydrogen (secondary N) is 1. The maximum atomic E-state index is 13.1. The molecular formula is C21H21FN6O. The first-order valence-corrected chi connectivity index (χ1v) is 9.42. The lowest BCUT2D eigenvalue weighted by Gasteiger charge is -2.35. The lowest BCUT2D eigenvalue weighted by Crippen LogP contribution is -2.49. The van der Waals surface area contributed by atoms with E-state index in [4.69, 9.17) is 0 Å². The molecule has 0 atom stereocenters. The Balaban J connectivity index is 1.45. The average molecular weight is 392 g/mol. The normalized spacial score (nSPS) is 14.0. The van der Waals surface area contributed by atoms with Gasteiger partial charge in [-0.15, -0.1) is 0 Å². The third-order valence-electron chi connectivity index (χ3n) is 4.71. The highest BCUT2D eigenvalue weighted by molar-refractivity contribution is 5.93. The number of aromatic nitrogens is 3. The van der Waals surface area contributed by atoms with Gasteiger partial charge in [0.1, 0.15) is 29.0 Å². The van der Waals surface area contributed by atoms with Crippen molar-refractivity contribution in [2.24, 2.45) is 0 Å². The van der Waals surface area contributed by atoms with E-state index in [1.54, 1.807) is 36.2 Å². The number of benzene rings is 1. The fraction of sp³-hybridized carbons (Fsp3) is 0.238. The van der Waals surface area contributed by atoms with Gasteiger partial charge in [-0.2, -0.15) is 0 Å². The van der Waals surface area contributed by atoms with Crippen LogP contribution in [0.25, 0.3) is 0 Å². The monoisotopic (exact) mass is 392 g/mol. The van der Waals surface area contributed by atoms with Gasteiger partial charge < -0.3 is 15.1 Å². The number of hydrogen-bond acceptors (Lipinski definition) is 6. The molecule has 0 aliphatic carbocycles. The minimum Gasteiger partial charge on any atom is -0.353 e. The van der Waals surface area contributed by atoms with Crippen molar-refractivity contribution in [1.82, 2.24) is 19.9 Å². The van der Waals surface area contributed by atoms with Gasteiger partial charge in [-0.1, -0.05) is 6.07 Å². The number of anilines is 3. The van der Waals surface area contributed by atoms with E-state index in [1.807, 2.05) is 18.2 Å². The Kier molecular flexibility index (Phi) is 5.33. The van der Waals surface area contributed by atoms with Crippen LogP contribution in [0.15, 0.2) is 54.7 Å². The molecule has 0 saturated carbocycles. The van der Waals surface area contributed by atoms with Crippen LogP contribution >= 0.6 is 0 Å². The zero-order chi connectivity index (χ0) is 20.2. The van der Waals surface area contributed by atoms with E-state index in [0.29, 0.717) is 49.2 Å². The van der Waals surface area contributed by atoms with Gasteiger partial charge in [-0.05, 0) is 43.3 Å². The molecule has 1 aliphatic heterocycles. The van der Waals surface area contributed by atoms with E-state index >= 15 is 0 Å². The highest BCUT2D eigenvalue weighted by Gasteiger charge is 2.24. The van der Waals surface area contributed by atoms with Gasteiger partial charge in [0, 0.05) is 44.1 Å². The fourth-order valence-corrected chi connectivity index (χ4v) is 3.26. The molecule has 0 bridgehead atoms. The maximum absolute atomic E-state index is 13.1. The van der Waals surface area contributed by atoms with Gasteiger partial charge in [0.25, 0.3) is 5.91 Å². The molecule has 0 radical (unpaired) electrons. The number of piperazine rings is 1. The fourth-order valence-electron chi connectivity index (χ4n) is 3.26. The number of carbonyl (C=O) groups is 1. The van der Waals surface area contributed by atoms with Crippen LogP contribution in [-0.2, 0) is 0 Å². The molecular weight excluding hydrogens is 371 g/mol. The number of halogens is 1. The van der Waals surface area contributed by atoms with Crippen molar-refractivity contribution in [2.75, 3.05) is 36.4 Å². The van der Waals surface area contributed by atoms with E-state index in [9.17, 15) is 9.18 Å². The number of rotatable bonds is 4. The standard InChI is InChI=1S/C21H21FN6O/c1-15-24-18(14-19(25-15)26-17-7-5-16(22)6-8-17)21(29)28-12-10-27(11-13-28)20-4-2-3-9-23-20/h2-9,14H,10-13H2,1H3,(H,24,25,26). The maximum Gasteiger partial charge on any atom is 0.272 e. The Morgan fingerprint density at radius 1 is 1.03 bits per heavy atom. The van der Waals surface area contributed by atoms with E-state index in [-0.39, 0.29) is 11.7 Å². The second kappa shape index (κ2) is 8.22. The molecule has 3 heterocycles. The summed E-state index contributed by atoms with van der Waals surface area (Å²) in [5.74, 6) is 1.48. The van der Waals surface area contributed by atoms with Crippen LogP contribution in [-0.4, -0.2) is 51.9 Å². The number of hydrogen-bond donors (Lipinski definition) is 1. The third-order valence-corrected chi connectivity index (χ3v) is 4.71. The summed E-state index contributed by atoms with van der Waals surface area (Å²) in [6, 6.07) is 13.4. The van der Waals surface area contributed by atoms with Gasteiger partial charge in [-0.25, -0.2) is 19.3 Å². The molecule has 0 unspecified atom stereocenters. The predicted molar refractivity (Wildman–Crippen MR) is 109 cm³/mol. The van der Waals surface area contributed by atoms with Crippen molar-refractivity contribution in [3.05, 3.63) is 72.1 Å². The Morgan fingerprint density at radius 3 is 2.48 bits per heavy atom. The van der Waals surface area contributed by atoms with Crippen LogP contribution in [0.5, 0.6) is 0 Å². The van der Waals surface area contributed by atoms with Crippen molar-refractivity contribution in [3.8, 4) is 0 Å². The molecule has 2 aromatic heterocycles. The lowest BCUT2D eigenvalue weighted by atomic mass is 10.2.